The van der Waals surface area contributed by atoms with E-state index in [1.165, 1.54) is 0 Å². The third-order valence-corrected chi connectivity index (χ3v) is 2.49. The Morgan fingerprint density at radius 3 is 2.78 bits per heavy atom. The Hall–Kier alpha value is -0.760. The van der Waals surface area contributed by atoms with Crippen molar-refractivity contribution in [3.63, 3.8) is 0 Å². The lowest BCUT2D eigenvalue weighted by Crippen LogP contribution is -2.33. The molecule has 6 heteroatoms. The van der Waals surface area contributed by atoms with E-state index < -0.39 is 0 Å². The molecule has 0 bridgehead atoms. The van der Waals surface area contributed by atoms with E-state index in [0.29, 0.717) is 12.5 Å². The smallest absolute Gasteiger partial charge is 0.188 e. The van der Waals surface area contributed by atoms with Gasteiger partial charge in [0, 0.05) is 6.54 Å². The second kappa shape index (κ2) is 9.21. The van der Waals surface area contributed by atoms with E-state index in [2.05, 4.69) is 22.1 Å². The fourth-order valence-electron chi connectivity index (χ4n) is 1.48. The van der Waals surface area contributed by atoms with Gasteiger partial charge >= 0.3 is 0 Å². The number of hydrogen-bond donors (Lipinski definition) is 2. The normalized spacial score (nSPS) is 13.2. The molecule has 0 fully saturated rings. The molecule has 0 saturated carbocycles. The number of nitrogens with two attached hydrogens (primary N) is 1. The van der Waals surface area contributed by atoms with Gasteiger partial charge in [-0.1, -0.05) is 6.92 Å². The summed E-state index contributed by atoms with van der Waals surface area (Å²) in [4.78, 5) is 6.39. The molecular formula is C12H23IN4O. The van der Waals surface area contributed by atoms with Crippen molar-refractivity contribution in [3.8, 4) is 0 Å². The monoisotopic (exact) mass is 366 g/mol. The highest BCUT2D eigenvalue weighted by Gasteiger charge is 2.16. The van der Waals surface area contributed by atoms with Crippen LogP contribution in [-0.2, 0) is 0 Å². The summed E-state index contributed by atoms with van der Waals surface area (Å²) in [6.07, 6.45) is 2.71. The van der Waals surface area contributed by atoms with Crippen LogP contribution < -0.4 is 11.1 Å². The van der Waals surface area contributed by atoms with Crippen molar-refractivity contribution in [2.45, 2.75) is 19.4 Å². The second-order valence-electron chi connectivity index (χ2n) is 4.15. The van der Waals surface area contributed by atoms with Gasteiger partial charge in [-0.3, -0.25) is 9.89 Å². The molecule has 0 amide bonds. The van der Waals surface area contributed by atoms with Crippen LogP contribution in [0.1, 0.15) is 25.1 Å². The van der Waals surface area contributed by atoms with Gasteiger partial charge in [0.05, 0.1) is 18.8 Å². The van der Waals surface area contributed by atoms with Gasteiger partial charge in [0.15, 0.2) is 5.96 Å². The Balaban J connectivity index is 0.00000289. The summed E-state index contributed by atoms with van der Waals surface area (Å²) < 4.78 is 5.40. The zero-order valence-electron chi connectivity index (χ0n) is 11.2. The summed E-state index contributed by atoms with van der Waals surface area (Å²) in [5, 5.41) is 3.05. The van der Waals surface area contributed by atoms with Crippen molar-refractivity contribution < 1.29 is 4.42 Å². The van der Waals surface area contributed by atoms with Gasteiger partial charge in [0.1, 0.15) is 5.76 Å². The molecule has 1 unspecified atom stereocenters. The number of guanidine groups is 1. The molecule has 104 valence electrons. The largest absolute Gasteiger partial charge is 0.468 e. The lowest BCUT2D eigenvalue weighted by atomic mass is 10.2. The van der Waals surface area contributed by atoms with E-state index >= 15 is 0 Å². The number of aliphatic imine (C=N–C) groups is 1. The molecule has 0 radical (unpaired) electrons. The maximum atomic E-state index is 5.75. The van der Waals surface area contributed by atoms with Gasteiger partial charge in [0.2, 0.25) is 0 Å². The molecule has 0 aliphatic heterocycles. The maximum absolute atomic E-state index is 5.75. The van der Waals surface area contributed by atoms with E-state index in [4.69, 9.17) is 10.2 Å². The zero-order valence-corrected chi connectivity index (χ0v) is 13.5. The van der Waals surface area contributed by atoms with Crippen molar-refractivity contribution in [3.05, 3.63) is 24.2 Å². The van der Waals surface area contributed by atoms with Gasteiger partial charge in [-0.15, -0.1) is 24.0 Å². The first-order chi connectivity index (χ1) is 8.15. The average Bonchev–Trinajstić information content (AvgIpc) is 2.79. The molecule has 5 nitrogen and oxygen atoms in total. The zero-order chi connectivity index (χ0) is 12.7. The standard InChI is InChI=1S/C12H22N4O.HI/c1-4-7-14-12(13)15-9-10(16(2)3)11-6-5-8-17-11;/h5-6,8,10H,4,7,9H2,1-3H3,(H3,13,14,15);1H. The molecule has 1 atom stereocenters. The van der Waals surface area contributed by atoms with Crippen molar-refractivity contribution in [2.75, 3.05) is 27.2 Å². The van der Waals surface area contributed by atoms with Gasteiger partial charge in [0.25, 0.3) is 0 Å². The molecular weight excluding hydrogens is 343 g/mol. The summed E-state index contributed by atoms with van der Waals surface area (Å²) in [6.45, 7) is 3.53. The molecule has 0 aromatic carbocycles. The van der Waals surface area contributed by atoms with E-state index in [0.717, 1.165) is 18.7 Å². The predicted octanol–water partition coefficient (Wildman–Crippen LogP) is 1.81. The lowest BCUT2D eigenvalue weighted by molar-refractivity contribution is 0.265. The molecule has 0 aliphatic carbocycles. The highest BCUT2D eigenvalue weighted by atomic mass is 127. The average molecular weight is 366 g/mol. The van der Waals surface area contributed by atoms with Gasteiger partial charge < -0.3 is 15.5 Å². The van der Waals surface area contributed by atoms with Crippen LogP contribution in [0.4, 0.5) is 0 Å². The Morgan fingerprint density at radius 1 is 1.56 bits per heavy atom. The molecule has 1 rings (SSSR count). The fourth-order valence-corrected chi connectivity index (χ4v) is 1.48. The Kier molecular flexibility index (Phi) is 8.82. The lowest BCUT2D eigenvalue weighted by Gasteiger charge is -2.20. The summed E-state index contributed by atoms with van der Waals surface area (Å²) in [5.41, 5.74) is 5.75. The summed E-state index contributed by atoms with van der Waals surface area (Å²) in [6, 6.07) is 3.95. The van der Waals surface area contributed by atoms with E-state index in [1.54, 1.807) is 6.26 Å². The third kappa shape index (κ3) is 5.72. The number of nitrogens with zero attached hydrogens (tertiary/aromatic N) is 2. The summed E-state index contributed by atoms with van der Waals surface area (Å²) >= 11 is 0. The van der Waals surface area contributed by atoms with Crippen LogP contribution >= 0.6 is 24.0 Å². The van der Waals surface area contributed by atoms with Crippen molar-refractivity contribution >= 4 is 29.9 Å². The molecule has 1 aromatic rings. The van der Waals surface area contributed by atoms with E-state index in [9.17, 15) is 0 Å². The number of likely N-dealkylation sites (N-methyl/N-ethyl adjacent to an activating group) is 1. The van der Waals surface area contributed by atoms with Crippen LogP contribution in [0.2, 0.25) is 0 Å². The van der Waals surface area contributed by atoms with Gasteiger partial charge in [-0.05, 0) is 32.6 Å². The molecule has 0 aliphatic rings. The van der Waals surface area contributed by atoms with Crippen LogP contribution in [-0.4, -0.2) is 38.0 Å². The van der Waals surface area contributed by atoms with Crippen LogP contribution in [0.5, 0.6) is 0 Å². The number of halogens is 1. The number of rotatable bonds is 6. The van der Waals surface area contributed by atoms with Crippen molar-refractivity contribution in [1.29, 1.82) is 0 Å². The molecule has 1 heterocycles. The molecule has 3 N–H and O–H groups in total. The molecule has 0 spiro atoms. The minimum absolute atomic E-state index is 0. The highest BCUT2D eigenvalue weighted by Crippen LogP contribution is 2.18. The first-order valence-corrected chi connectivity index (χ1v) is 5.88. The molecule has 0 saturated heterocycles. The second-order valence-corrected chi connectivity index (χ2v) is 4.15. The topological polar surface area (TPSA) is 66.8 Å². The summed E-state index contributed by atoms with van der Waals surface area (Å²) in [7, 11) is 4.00. The van der Waals surface area contributed by atoms with Crippen LogP contribution in [0.25, 0.3) is 0 Å². The fraction of sp³-hybridized carbons (Fsp3) is 0.583. The molecule has 18 heavy (non-hydrogen) atoms. The van der Waals surface area contributed by atoms with Crippen LogP contribution in [0.15, 0.2) is 27.8 Å². The van der Waals surface area contributed by atoms with Crippen LogP contribution in [0, 0.1) is 0 Å². The quantitative estimate of drug-likeness (QED) is 0.458. The van der Waals surface area contributed by atoms with Crippen molar-refractivity contribution in [2.24, 2.45) is 10.7 Å². The van der Waals surface area contributed by atoms with Crippen LogP contribution in [0.3, 0.4) is 0 Å². The number of nitrogens with one attached hydrogen (secondary N) is 1. The Labute approximate surface area is 126 Å². The number of hydrogen-bond acceptors (Lipinski definition) is 3. The highest BCUT2D eigenvalue weighted by molar-refractivity contribution is 14.0. The first-order valence-electron chi connectivity index (χ1n) is 5.88. The minimum Gasteiger partial charge on any atom is -0.468 e. The Bertz CT molecular complexity index is 338. The van der Waals surface area contributed by atoms with E-state index in [1.807, 2.05) is 26.2 Å². The maximum Gasteiger partial charge on any atom is 0.188 e. The first kappa shape index (κ1) is 17.2. The Morgan fingerprint density at radius 2 is 2.28 bits per heavy atom. The van der Waals surface area contributed by atoms with Gasteiger partial charge in [-0.25, -0.2) is 0 Å². The van der Waals surface area contributed by atoms with Gasteiger partial charge in [-0.2, -0.15) is 0 Å². The van der Waals surface area contributed by atoms with E-state index in [-0.39, 0.29) is 30.0 Å². The predicted molar refractivity (Wildman–Crippen MR) is 85.3 cm³/mol. The van der Waals surface area contributed by atoms with Crippen molar-refractivity contribution in [1.82, 2.24) is 10.2 Å². The minimum atomic E-state index is 0. The SMILES string of the molecule is CCCNC(N)=NCC(c1ccco1)N(C)C.I. The third-order valence-electron chi connectivity index (χ3n) is 2.49. The number of furan rings is 1. The summed E-state index contributed by atoms with van der Waals surface area (Å²) in [5.74, 6) is 1.40. The molecule has 1 aromatic heterocycles.